The number of aliphatic hydroxyl groups is 1. The summed E-state index contributed by atoms with van der Waals surface area (Å²) in [4.78, 5) is 33.9. The van der Waals surface area contributed by atoms with Crippen LogP contribution in [0.5, 0.6) is 0 Å². The molecule has 0 radical (unpaired) electrons. The van der Waals surface area contributed by atoms with Crippen molar-refractivity contribution < 1.29 is 37.9 Å². The van der Waals surface area contributed by atoms with Gasteiger partial charge < -0.3 is 20.1 Å². The van der Waals surface area contributed by atoms with Crippen molar-refractivity contribution in [1.82, 2.24) is 5.32 Å². The summed E-state index contributed by atoms with van der Waals surface area (Å²) in [6.45, 7) is 3.47. The largest absolute Gasteiger partial charge is 0.472 e. The summed E-state index contributed by atoms with van der Waals surface area (Å²) >= 11 is 0. The van der Waals surface area contributed by atoms with Gasteiger partial charge in [-0.05, 0) is 64.2 Å². The summed E-state index contributed by atoms with van der Waals surface area (Å²) in [6.07, 6.45) is 43.6. The zero-order valence-electron chi connectivity index (χ0n) is 34.0. The van der Waals surface area contributed by atoms with E-state index >= 15 is 0 Å². The Hall–Kier alpha value is -1.77. The molecule has 0 bridgehead atoms. The van der Waals surface area contributed by atoms with Crippen LogP contribution in [0, 0.1) is 0 Å². The van der Waals surface area contributed by atoms with Crippen LogP contribution in [0.3, 0.4) is 0 Å². The highest BCUT2D eigenvalue weighted by Gasteiger charge is 2.23. The van der Waals surface area contributed by atoms with Crippen molar-refractivity contribution in [3.63, 3.8) is 0 Å². The molecule has 0 aromatic carbocycles. The van der Waals surface area contributed by atoms with E-state index in [0.717, 1.165) is 70.6 Å². The maximum absolute atomic E-state index is 12.1. The van der Waals surface area contributed by atoms with Crippen LogP contribution in [0.25, 0.3) is 0 Å². The second-order valence-corrected chi connectivity index (χ2v) is 15.8. The van der Waals surface area contributed by atoms with Gasteiger partial charge in [0, 0.05) is 19.4 Å². The number of rotatable bonds is 40. The predicted octanol–water partition coefficient (Wildman–Crippen LogP) is 11.8. The second kappa shape index (κ2) is 39.9. The van der Waals surface area contributed by atoms with Crippen LogP contribution in [0.1, 0.15) is 194 Å². The lowest BCUT2D eigenvalue weighted by molar-refractivity contribution is -0.147. The minimum absolute atomic E-state index is 0.0792. The van der Waals surface area contributed by atoms with Crippen molar-refractivity contribution in [2.75, 3.05) is 26.4 Å². The first-order valence-electron chi connectivity index (χ1n) is 21.5. The molecule has 1 amide bonds. The summed E-state index contributed by atoms with van der Waals surface area (Å²) in [5.41, 5.74) is 0. The SMILES string of the molecule is CCC/C=C\C/C=C\CCCCCCCC(=O)OCC(O)COP(=O)(O)OCCNC(=O)CCCCCCCCCCC/C=C/CCCCCCCC. The zero-order chi connectivity index (χ0) is 38.9. The number of carbonyl (C=O) groups excluding carboxylic acids is 2. The molecule has 0 aliphatic heterocycles. The molecule has 0 aliphatic carbocycles. The van der Waals surface area contributed by atoms with E-state index in [9.17, 15) is 24.2 Å². The molecule has 0 aliphatic rings. The smallest absolute Gasteiger partial charge is 0.463 e. The van der Waals surface area contributed by atoms with Gasteiger partial charge in [0.15, 0.2) is 0 Å². The zero-order valence-corrected chi connectivity index (χ0v) is 34.9. The molecular weight excluding hydrogens is 689 g/mol. The number of phosphoric acid groups is 1. The van der Waals surface area contributed by atoms with Gasteiger partial charge >= 0.3 is 13.8 Å². The minimum atomic E-state index is -4.42. The van der Waals surface area contributed by atoms with E-state index in [-0.39, 0.29) is 32.1 Å². The van der Waals surface area contributed by atoms with Crippen LogP contribution < -0.4 is 5.32 Å². The monoisotopic (exact) mass is 770 g/mol. The number of esters is 1. The Morgan fingerprint density at radius 2 is 1.06 bits per heavy atom. The normalized spacial score (nSPS) is 13.7. The molecule has 10 heteroatoms. The van der Waals surface area contributed by atoms with Gasteiger partial charge in [-0.2, -0.15) is 0 Å². The fourth-order valence-corrected chi connectivity index (χ4v) is 6.52. The Kier molecular flexibility index (Phi) is 38.6. The van der Waals surface area contributed by atoms with E-state index in [1.54, 1.807) is 0 Å². The van der Waals surface area contributed by atoms with Crippen molar-refractivity contribution >= 4 is 19.7 Å². The van der Waals surface area contributed by atoms with E-state index in [2.05, 4.69) is 55.6 Å². The molecular formula is C43H80NO8P. The van der Waals surface area contributed by atoms with Crippen molar-refractivity contribution in [3.05, 3.63) is 36.5 Å². The third kappa shape index (κ3) is 41.2. The molecule has 0 spiro atoms. The number of unbranched alkanes of at least 4 members (excludes halogenated alkanes) is 21. The first-order chi connectivity index (χ1) is 25.8. The fraction of sp³-hybridized carbons (Fsp3) is 0.814. The molecule has 53 heavy (non-hydrogen) atoms. The van der Waals surface area contributed by atoms with Crippen LogP contribution in [-0.2, 0) is 27.9 Å². The van der Waals surface area contributed by atoms with Crippen LogP contribution in [0.4, 0.5) is 0 Å². The summed E-state index contributed by atoms with van der Waals surface area (Å²) in [7, 11) is -4.42. The van der Waals surface area contributed by atoms with Gasteiger partial charge in [-0.15, -0.1) is 0 Å². The maximum Gasteiger partial charge on any atom is 0.472 e. The number of allylic oxidation sites excluding steroid dienone is 6. The third-order valence-corrected chi connectivity index (χ3v) is 10.0. The number of amides is 1. The third-order valence-electron chi connectivity index (χ3n) is 9.02. The van der Waals surface area contributed by atoms with Crippen LogP contribution >= 0.6 is 7.82 Å². The predicted molar refractivity (Wildman–Crippen MR) is 220 cm³/mol. The van der Waals surface area contributed by atoms with E-state index in [1.807, 2.05) is 0 Å². The van der Waals surface area contributed by atoms with Crippen molar-refractivity contribution in [2.45, 2.75) is 200 Å². The van der Waals surface area contributed by atoms with Crippen molar-refractivity contribution in [2.24, 2.45) is 0 Å². The average Bonchev–Trinajstić information content (AvgIpc) is 3.14. The standard InChI is InChI=1S/C43H80NO8P/c1-3-5-7-9-11-13-15-17-18-19-20-21-22-24-25-27-29-31-33-35-42(46)44-37-38-51-53(48,49)52-40-41(45)39-50-43(47)36-34-32-30-28-26-23-16-14-12-10-8-6-4-2/h8,10,14,16-18,41,45H,3-7,9,11-13,15,19-40H2,1-2H3,(H,44,46)(H,48,49)/b10-8-,16-14-,18-17+. The molecule has 2 unspecified atom stereocenters. The number of hydrogen-bond acceptors (Lipinski definition) is 7. The summed E-state index contributed by atoms with van der Waals surface area (Å²) in [5.74, 6) is -0.532. The second-order valence-electron chi connectivity index (χ2n) is 14.3. The van der Waals surface area contributed by atoms with E-state index < -0.39 is 26.5 Å². The molecule has 9 nitrogen and oxygen atoms in total. The fourth-order valence-electron chi connectivity index (χ4n) is 5.77. The molecule has 0 heterocycles. The molecule has 3 N–H and O–H groups in total. The highest BCUT2D eigenvalue weighted by molar-refractivity contribution is 7.47. The van der Waals surface area contributed by atoms with Gasteiger partial charge in [-0.1, -0.05) is 153 Å². The summed E-state index contributed by atoms with van der Waals surface area (Å²) < 4.78 is 26.8. The number of aliphatic hydroxyl groups excluding tert-OH is 1. The Balaban J connectivity index is 3.59. The molecule has 2 atom stereocenters. The lowest BCUT2D eigenvalue weighted by atomic mass is 10.1. The Morgan fingerprint density at radius 1 is 0.585 bits per heavy atom. The van der Waals surface area contributed by atoms with Gasteiger partial charge in [0.25, 0.3) is 0 Å². The van der Waals surface area contributed by atoms with Gasteiger partial charge in [0.05, 0.1) is 13.2 Å². The molecule has 0 saturated carbocycles. The van der Waals surface area contributed by atoms with Crippen molar-refractivity contribution in [1.29, 1.82) is 0 Å². The molecule has 0 fully saturated rings. The molecule has 0 rings (SSSR count). The van der Waals surface area contributed by atoms with Crippen LogP contribution in [-0.4, -0.2) is 54.3 Å². The number of hydrogen-bond donors (Lipinski definition) is 3. The lowest BCUT2D eigenvalue weighted by Crippen LogP contribution is -2.27. The van der Waals surface area contributed by atoms with Crippen molar-refractivity contribution in [3.8, 4) is 0 Å². The Labute approximate surface area is 324 Å². The van der Waals surface area contributed by atoms with Crippen LogP contribution in [0.15, 0.2) is 36.5 Å². The summed E-state index contributed by atoms with van der Waals surface area (Å²) in [6, 6.07) is 0. The highest BCUT2D eigenvalue weighted by atomic mass is 31.2. The number of ether oxygens (including phenoxy) is 1. The number of phosphoric ester groups is 1. The Bertz CT molecular complexity index is 970. The quantitative estimate of drug-likeness (QED) is 0.0243. The number of nitrogens with one attached hydrogen (secondary N) is 1. The topological polar surface area (TPSA) is 131 Å². The lowest BCUT2D eigenvalue weighted by Gasteiger charge is -2.15. The van der Waals surface area contributed by atoms with E-state index in [4.69, 9.17) is 13.8 Å². The molecule has 310 valence electrons. The number of carbonyl (C=O) groups is 2. The highest BCUT2D eigenvalue weighted by Crippen LogP contribution is 2.42. The first kappa shape index (κ1) is 51.2. The van der Waals surface area contributed by atoms with Gasteiger partial charge in [-0.3, -0.25) is 18.6 Å². The molecule has 0 saturated heterocycles. The van der Waals surface area contributed by atoms with Gasteiger partial charge in [-0.25, -0.2) is 4.57 Å². The maximum atomic E-state index is 12.1. The van der Waals surface area contributed by atoms with Gasteiger partial charge in [0.2, 0.25) is 5.91 Å². The van der Waals surface area contributed by atoms with Crippen LogP contribution in [0.2, 0.25) is 0 Å². The first-order valence-corrected chi connectivity index (χ1v) is 23.0. The van der Waals surface area contributed by atoms with E-state index in [1.165, 1.54) is 96.3 Å². The summed E-state index contributed by atoms with van der Waals surface area (Å²) in [5, 5.41) is 12.7. The Morgan fingerprint density at radius 3 is 1.60 bits per heavy atom. The average molecular weight is 770 g/mol. The molecule has 0 aromatic rings. The molecule has 0 aromatic heterocycles. The van der Waals surface area contributed by atoms with Gasteiger partial charge in [0.1, 0.15) is 12.7 Å². The minimum Gasteiger partial charge on any atom is -0.463 e. The van der Waals surface area contributed by atoms with E-state index in [0.29, 0.717) is 6.42 Å².